The van der Waals surface area contributed by atoms with Crippen LogP contribution in [0.5, 0.6) is 0 Å². The third kappa shape index (κ3) is 8.84. The summed E-state index contributed by atoms with van der Waals surface area (Å²) in [5.41, 5.74) is 7.17. The van der Waals surface area contributed by atoms with Crippen LogP contribution in [0.25, 0.3) is 22.3 Å². The number of fused-ring (bicyclic) bond motifs is 6. The molecule has 0 aliphatic carbocycles. The third-order valence-corrected chi connectivity index (χ3v) is 16.0. The molecule has 2 nitrogen and oxygen atoms in total. The van der Waals surface area contributed by atoms with Crippen LogP contribution in [0, 0.1) is 24.7 Å². The molecule has 4 aromatic carbocycles. The fourth-order valence-corrected chi connectivity index (χ4v) is 12.6. The summed E-state index contributed by atoms with van der Waals surface area (Å²) in [6, 6.07) is 30.0. The van der Waals surface area contributed by atoms with Crippen molar-refractivity contribution in [3.05, 3.63) is 109 Å². The molecule has 6 rings (SSSR count). The Morgan fingerprint density at radius 3 is 1.39 bits per heavy atom. The average Bonchev–Trinajstić information content (AvgIpc) is 3.39. The van der Waals surface area contributed by atoms with Gasteiger partial charge in [0.25, 0.3) is 0 Å². The van der Waals surface area contributed by atoms with Crippen molar-refractivity contribution in [1.29, 1.82) is 0 Å². The molecule has 0 amide bonds. The largest absolute Gasteiger partial charge is 0.366 e. The van der Waals surface area contributed by atoms with E-state index in [1.807, 2.05) is 12.1 Å². The molecule has 2 aliphatic heterocycles. The minimum atomic E-state index is -1.55. The second-order valence-electron chi connectivity index (χ2n) is 13.4. The van der Waals surface area contributed by atoms with Crippen molar-refractivity contribution in [2.24, 2.45) is 0 Å². The molecule has 2 radical (unpaired) electrons. The Morgan fingerprint density at radius 2 is 0.891 bits per heavy atom. The molecular weight excluding hydrogens is 959 g/mol. The SMILES string of the molecule is CN(C)CCCCN(C)C.[Au].[Au].[C-]#Cc1ccc2c(c1)-c1ccccc1[Si]2(C)C.[C-]#Cc1ccc2c(c1)[Si](C)(C)c1ccccc1-2. The molecule has 2 aliphatic rings. The van der Waals surface area contributed by atoms with Crippen LogP contribution in [0.3, 0.4) is 0 Å². The van der Waals surface area contributed by atoms with E-state index in [2.05, 4.69) is 149 Å². The van der Waals surface area contributed by atoms with Gasteiger partial charge in [-0.2, -0.15) is 0 Å². The summed E-state index contributed by atoms with van der Waals surface area (Å²) in [4.78, 5) is 4.46. The molecular formula is C40H46Au2N2Si2-2. The molecule has 0 unspecified atom stereocenters. The second-order valence-corrected chi connectivity index (χ2v) is 22.1. The van der Waals surface area contributed by atoms with Crippen LogP contribution in [-0.2, 0) is 44.8 Å². The van der Waals surface area contributed by atoms with Crippen LogP contribution < -0.4 is 20.7 Å². The van der Waals surface area contributed by atoms with Gasteiger partial charge in [-0.25, -0.2) is 0 Å². The van der Waals surface area contributed by atoms with Crippen molar-refractivity contribution in [2.75, 3.05) is 41.3 Å². The monoisotopic (exact) mass is 1000 g/mol. The average molecular weight is 1000 g/mol. The van der Waals surface area contributed by atoms with Gasteiger partial charge in [0.2, 0.25) is 0 Å². The Morgan fingerprint density at radius 1 is 0.500 bits per heavy atom. The van der Waals surface area contributed by atoms with E-state index in [1.165, 1.54) is 68.9 Å². The van der Waals surface area contributed by atoms with Crippen molar-refractivity contribution < 1.29 is 44.8 Å². The standard InChI is InChI=1S/2C16H13Si.C8H20N2.2Au/c1-4-12-9-10-16-14(11-12)13-7-5-6-8-15(13)17(16,2)3;1-4-12-9-10-14-13-7-5-6-8-15(13)17(2,3)16(14)11-12;1-9(2)7-5-6-8-10(3)4;;/h2*5-11H,2-3H3;5-8H2,1-4H3;;/q2*-1;;;. The van der Waals surface area contributed by atoms with Gasteiger partial charge in [0.1, 0.15) is 16.1 Å². The summed E-state index contributed by atoms with van der Waals surface area (Å²) in [6.45, 7) is 12.0. The van der Waals surface area contributed by atoms with E-state index < -0.39 is 16.1 Å². The summed E-state index contributed by atoms with van der Waals surface area (Å²) in [6.07, 6.45) is 17.1. The number of unbranched alkanes of at least 4 members (excludes halogenated alkanes) is 1. The second kappa shape index (κ2) is 17.3. The number of benzene rings is 4. The Bertz CT molecular complexity index is 1700. The summed E-state index contributed by atoms with van der Waals surface area (Å²) >= 11 is 0. The predicted octanol–water partition coefficient (Wildman–Crippen LogP) is 5.74. The van der Waals surface area contributed by atoms with Gasteiger partial charge in [0.15, 0.2) is 0 Å². The molecule has 0 N–H and O–H groups in total. The fourth-order valence-electron chi connectivity index (χ4n) is 6.44. The van der Waals surface area contributed by atoms with Crippen LogP contribution in [0.1, 0.15) is 24.0 Å². The van der Waals surface area contributed by atoms with E-state index in [1.54, 1.807) is 0 Å². The predicted molar refractivity (Wildman–Crippen MR) is 196 cm³/mol. The summed E-state index contributed by atoms with van der Waals surface area (Å²) in [5.74, 6) is 4.97. The quantitative estimate of drug-likeness (QED) is 0.109. The topological polar surface area (TPSA) is 6.48 Å². The molecule has 0 atom stereocenters. The minimum absolute atomic E-state index is 0. The normalized spacial score (nSPS) is 13.5. The summed E-state index contributed by atoms with van der Waals surface area (Å²) < 4.78 is 0. The zero-order chi connectivity index (χ0) is 32.1. The van der Waals surface area contributed by atoms with Crippen LogP contribution in [0.4, 0.5) is 0 Å². The molecule has 2 heterocycles. The van der Waals surface area contributed by atoms with E-state index >= 15 is 0 Å². The maximum absolute atomic E-state index is 7.26. The van der Waals surface area contributed by atoms with E-state index in [0.717, 1.165) is 11.1 Å². The molecule has 0 fully saturated rings. The Labute approximate surface area is 312 Å². The van der Waals surface area contributed by atoms with Gasteiger partial charge in [0.05, 0.1) is 0 Å². The third-order valence-electron chi connectivity index (χ3n) is 8.92. The van der Waals surface area contributed by atoms with Crippen molar-refractivity contribution in [3.8, 4) is 34.1 Å². The first-order valence-corrected chi connectivity index (χ1v) is 21.6. The molecule has 46 heavy (non-hydrogen) atoms. The van der Waals surface area contributed by atoms with Crippen LogP contribution in [0.2, 0.25) is 26.2 Å². The van der Waals surface area contributed by atoms with Crippen LogP contribution >= 0.6 is 0 Å². The van der Waals surface area contributed by atoms with E-state index in [-0.39, 0.29) is 44.8 Å². The zero-order valence-corrected chi connectivity index (χ0v) is 34.7. The van der Waals surface area contributed by atoms with E-state index in [4.69, 9.17) is 12.8 Å². The fraction of sp³-hybridized carbons (Fsp3) is 0.300. The van der Waals surface area contributed by atoms with Gasteiger partial charge in [-0.3, -0.25) is 11.8 Å². The van der Waals surface area contributed by atoms with Gasteiger partial charge in [-0.15, -0.1) is 35.4 Å². The first-order chi connectivity index (χ1) is 20.9. The summed E-state index contributed by atoms with van der Waals surface area (Å²) in [5, 5.41) is 5.95. The molecule has 0 spiro atoms. The molecule has 0 saturated carbocycles. The smallest absolute Gasteiger partial charge is 0.113 e. The molecule has 0 bridgehead atoms. The Kier molecular flexibility index (Phi) is 15.0. The maximum Gasteiger partial charge on any atom is 0.113 e. The van der Waals surface area contributed by atoms with Crippen LogP contribution in [0.15, 0.2) is 84.9 Å². The van der Waals surface area contributed by atoms with Gasteiger partial charge in [0, 0.05) is 44.8 Å². The number of rotatable bonds is 5. The van der Waals surface area contributed by atoms with Crippen molar-refractivity contribution in [3.63, 3.8) is 0 Å². The first-order valence-electron chi connectivity index (χ1n) is 15.6. The van der Waals surface area contributed by atoms with E-state index in [9.17, 15) is 0 Å². The van der Waals surface area contributed by atoms with Crippen molar-refractivity contribution in [2.45, 2.75) is 39.0 Å². The molecule has 4 aromatic rings. The van der Waals surface area contributed by atoms with Gasteiger partial charge < -0.3 is 22.6 Å². The number of nitrogens with zero attached hydrogens (tertiary/aromatic N) is 2. The summed E-state index contributed by atoms with van der Waals surface area (Å²) in [7, 11) is 5.42. The van der Waals surface area contributed by atoms with Gasteiger partial charge in [-0.1, -0.05) is 92.0 Å². The van der Waals surface area contributed by atoms with Crippen molar-refractivity contribution >= 4 is 36.9 Å². The van der Waals surface area contributed by atoms with Crippen LogP contribution in [-0.4, -0.2) is 67.2 Å². The van der Waals surface area contributed by atoms with Gasteiger partial charge >= 0.3 is 0 Å². The minimum Gasteiger partial charge on any atom is -0.366 e. The Hall–Kier alpha value is -2.17. The zero-order valence-electron chi connectivity index (χ0n) is 28.4. The molecule has 0 aromatic heterocycles. The Balaban J connectivity index is 0.000000244. The molecule has 6 heteroatoms. The molecule has 0 saturated heterocycles. The van der Waals surface area contributed by atoms with Gasteiger partial charge in [-0.05, 0) is 91.9 Å². The number of hydrogen-bond acceptors (Lipinski definition) is 2. The van der Waals surface area contributed by atoms with Crippen molar-refractivity contribution in [1.82, 2.24) is 9.80 Å². The number of hydrogen-bond donors (Lipinski definition) is 0. The first kappa shape index (κ1) is 40.0. The maximum atomic E-state index is 7.26. The van der Waals surface area contributed by atoms with E-state index in [0.29, 0.717) is 0 Å². The molecule has 248 valence electrons.